The highest BCUT2D eigenvalue weighted by atomic mass is 127. The zero-order chi connectivity index (χ0) is 12.0. The monoisotopic (exact) mass is 334 g/mol. The van der Waals surface area contributed by atoms with Crippen LogP contribution in [0.15, 0.2) is 24.3 Å². The summed E-state index contributed by atoms with van der Waals surface area (Å²) in [4.78, 5) is 22.3. The van der Waals surface area contributed by atoms with Crippen molar-refractivity contribution >= 4 is 34.5 Å². The standard InChI is InChI=1S/C11H11IO4/c1-15-10(13)5-6-16-11(14)8-3-2-4-9(12)7-8/h2-4,7H,5-6H2,1H3. The highest BCUT2D eigenvalue weighted by Gasteiger charge is 2.08. The van der Waals surface area contributed by atoms with Crippen molar-refractivity contribution in [1.82, 2.24) is 0 Å². The van der Waals surface area contributed by atoms with Gasteiger partial charge in [0.15, 0.2) is 0 Å². The number of halogens is 1. The fourth-order valence-electron chi connectivity index (χ4n) is 1.03. The van der Waals surface area contributed by atoms with Crippen LogP contribution in [0.4, 0.5) is 0 Å². The fourth-order valence-corrected chi connectivity index (χ4v) is 1.57. The van der Waals surface area contributed by atoms with Gasteiger partial charge >= 0.3 is 11.9 Å². The van der Waals surface area contributed by atoms with Crippen molar-refractivity contribution in [1.29, 1.82) is 0 Å². The quantitative estimate of drug-likeness (QED) is 0.624. The SMILES string of the molecule is COC(=O)CCOC(=O)c1cccc(I)c1. The molecule has 0 saturated carbocycles. The maximum absolute atomic E-state index is 11.5. The van der Waals surface area contributed by atoms with Crippen molar-refractivity contribution in [2.45, 2.75) is 6.42 Å². The number of rotatable bonds is 4. The van der Waals surface area contributed by atoms with Crippen LogP contribution in [-0.4, -0.2) is 25.7 Å². The Kier molecular flexibility index (Phi) is 5.24. The van der Waals surface area contributed by atoms with E-state index in [0.717, 1.165) is 3.57 Å². The van der Waals surface area contributed by atoms with Gasteiger partial charge in [0.25, 0.3) is 0 Å². The van der Waals surface area contributed by atoms with Gasteiger partial charge in [0, 0.05) is 3.57 Å². The summed E-state index contributed by atoms with van der Waals surface area (Å²) in [5.74, 6) is -0.821. The van der Waals surface area contributed by atoms with Crippen molar-refractivity contribution in [3.63, 3.8) is 0 Å². The second kappa shape index (κ2) is 6.47. The molecule has 0 spiro atoms. The van der Waals surface area contributed by atoms with E-state index in [1.807, 2.05) is 6.07 Å². The summed E-state index contributed by atoms with van der Waals surface area (Å²) in [7, 11) is 1.30. The molecule has 0 N–H and O–H groups in total. The number of benzene rings is 1. The maximum Gasteiger partial charge on any atom is 0.338 e. The van der Waals surface area contributed by atoms with Gasteiger partial charge < -0.3 is 9.47 Å². The lowest BCUT2D eigenvalue weighted by atomic mass is 10.2. The van der Waals surface area contributed by atoms with Gasteiger partial charge in [0.2, 0.25) is 0 Å². The summed E-state index contributed by atoms with van der Waals surface area (Å²) >= 11 is 2.11. The molecule has 0 aromatic heterocycles. The molecular weight excluding hydrogens is 323 g/mol. The van der Waals surface area contributed by atoms with E-state index >= 15 is 0 Å². The van der Waals surface area contributed by atoms with Crippen molar-refractivity contribution in [2.75, 3.05) is 13.7 Å². The second-order valence-electron chi connectivity index (χ2n) is 2.97. The van der Waals surface area contributed by atoms with Gasteiger partial charge in [-0.3, -0.25) is 4.79 Å². The van der Waals surface area contributed by atoms with Crippen LogP contribution in [0.25, 0.3) is 0 Å². The average molecular weight is 334 g/mol. The van der Waals surface area contributed by atoms with Crippen molar-refractivity contribution in [3.8, 4) is 0 Å². The highest BCUT2D eigenvalue weighted by molar-refractivity contribution is 14.1. The highest BCUT2D eigenvalue weighted by Crippen LogP contribution is 2.09. The molecule has 0 aliphatic heterocycles. The zero-order valence-corrected chi connectivity index (χ0v) is 10.9. The van der Waals surface area contributed by atoms with Gasteiger partial charge in [-0.1, -0.05) is 6.07 Å². The number of esters is 2. The lowest BCUT2D eigenvalue weighted by molar-refractivity contribution is -0.141. The van der Waals surface area contributed by atoms with Crippen LogP contribution in [0.1, 0.15) is 16.8 Å². The molecule has 0 atom stereocenters. The zero-order valence-electron chi connectivity index (χ0n) is 8.73. The molecule has 0 saturated heterocycles. The summed E-state index contributed by atoms with van der Waals surface area (Å²) in [6.07, 6.45) is 0.0756. The molecule has 16 heavy (non-hydrogen) atoms. The Balaban J connectivity index is 2.44. The number of methoxy groups -OCH3 is 1. The first kappa shape index (κ1) is 13.0. The van der Waals surface area contributed by atoms with E-state index in [1.54, 1.807) is 18.2 Å². The van der Waals surface area contributed by atoms with Crippen LogP contribution in [0, 0.1) is 3.57 Å². The van der Waals surface area contributed by atoms with Gasteiger partial charge in [-0.05, 0) is 40.8 Å². The molecule has 5 heteroatoms. The van der Waals surface area contributed by atoms with E-state index < -0.39 is 11.9 Å². The summed E-state index contributed by atoms with van der Waals surface area (Å²) in [5.41, 5.74) is 0.483. The molecule has 1 rings (SSSR count). The molecule has 0 aliphatic rings. The number of carbonyl (C=O) groups excluding carboxylic acids is 2. The average Bonchev–Trinajstić information content (AvgIpc) is 2.28. The van der Waals surface area contributed by atoms with Crippen molar-refractivity contribution < 1.29 is 19.1 Å². The number of ether oxygens (including phenoxy) is 2. The smallest absolute Gasteiger partial charge is 0.338 e. The minimum Gasteiger partial charge on any atom is -0.469 e. The first-order valence-electron chi connectivity index (χ1n) is 4.63. The predicted molar refractivity (Wildman–Crippen MR) is 66.1 cm³/mol. The van der Waals surface area contributed by atoms with E-state index in [-0.39, 0.29) is 13.0 Å². The van der Waals surface area contributed by atoms with Gasteiger partial charge in [0.1, 0.15) is 6.61 Å². The van der Waals surface area contributed by atoms with Crippen molar-refractivity contribution in [3.05, 3.63) is 33.4 Å². The first-order valence-corrected chi connectivity index (χ1v) is 5.71. The number of hydrogen-bond acceptors (Lipinski definition) is 4. The Hall–Kier alpha value is -1.11. The molecule has 0 heterocycles. The van der Waals surface area contributed by atoms with E-state index in [0.29, 0.717) is 5.56 Å². The topological polar surface area (TPSA) is 52.6 Å². The normalized spacial score (nSPS) is 9.62. The van der Waals surface area contributed by atoms with Gasteiger partial charge in [-0.2, -0.15) is 0 Å². The van der Waals surface area contributed by atoms with Crippen LogP contribution in [0.2, 0.25) is 0 Å². The van der Waals surface area contributed by atoms with E-state index in [2.05, 4.69) is 27.3 Å². The first-order chi connectivity index (χ1) is 7.63. The third-order valence-electron chi connectivity index (χ3n) is 1.83. The Morgan fingerprint density at radius 1 is 1.38 bits per heavy atom. The van der Waals surface area contributed by atoms with Crippen LogP contribution in [0.5, 0.6) is 0 Å². The third-order valence-corrected chi connectivity index (χ3v) is 2.50. The molecule has 86 valence electrons. The molecule has 0 radical (unpaired) electrons. The Bertz CT molecular complexity index is 389. The van der Waals surface area contributed by atoms with Crippen LogP contribution in [0.3, 0.4) is 0 Å². The predicted octanol–water partition coefficient (Wildman–Crippen LogP) is 2.01. The van der Waals surface area contributed by atoms with Gasteiger partial charge in [-0.25, -0.2) is 4.79 Å². The lowest BCUT2D eigenvalue weighted by Gasteiger charge is -2.04. The Morgan fingerprint density at radius 3 is 2.75 bits per heavy atom. The lowest BCUT2D eigenvalue weighted by Crippen LogP contribution is -2.10. The Labute approximate surface area is 107 Å². The second-order valence-corrected chi connectivity index (χ2v) is 4.22. The van der Waals surface area contributed by atoms with E-state index in [9.17, 15) is 9.59 Å². The molecule has 0 unspecified atom stereocenters. The minimum atomic E-state index is -0.428. The van der Waals surface area contributed by atoms with Gasteiger partial charge in [-0.15, -0.1) is 0 Å². The van der Waals surface area contributed by atoms with Crippen molar-refractivity contribution in [2.24, 2.45) is 0 Å². The molecule has 0 bridgehead atoms. The summed E-state index contributed by atoms with van der Waals surface area (Å²) in [6, 6.07) is 7.05. The van der Waals surface area contributed by atoms with Crippen LogP contribution >= 0.6 is 22.6 Å². The molecular formula is C11H11IO4. The summed E-state index contributed by atoms with van der Waals surface area (Å²) in [5, 5.41) is 0. The van der Waals surface area contributed by atoms with E-state index in [4.69, 9.17) is 4.74 Å². The molecule has 0 aliphatic carbocycles. The molecule has 0 amide bonds. The van der Waals surface area contributed by atoms with Crippen LogP contribution < -0.4 is 0 Å². The molecule has 1 aromatic rings. The molecule has 4 nitrogen and oxygen atoms in total. The fraction of sp³-hybridized carbons (Fsp3) is 0.273. The maximum atomic E-state index is 11.5. The third kappa shape index (κ3) is 4.18. The van der Waals surface area contributed by atoms with Crippen LogP contribution in [-0.2, 0) is 14.3 Å². The Morgan fingerprint density at radius 2 is 2.12 bits per heavy atom. The number of carbonyl (C=O) groups is 2. The number of hydrogen-bond donors (Lipinski definition) is 0. The molecule has 1 aromatic carbocycles. The minimum absolute atomic E-state index is 0.0387. The van der Waals surface area contributed by atoms with E-state index in [1.165, 1.54) is 7.11 Å². The summed E-state index contributed by atoms with van der Waals surface area (Å²) < 4.78 is 10.3. The van der Waals surface area contributed by atoms with Gasteiger partial charge in [0.05, 0.1) is 19.1 Å². The molecule has 0 fully saturated rings. The summed E-state index contributed by atoms with van der Waals surface area (Å²) in [6.45, 7) is 0.0387. The largest absolute Gasteiger partial charge is 0.469 e.